The highest BCUT2D eigenvalue weighted by molar-refractivity contribution is 5.77. The Labute approximate surface area is 124 Å². The highest BCUT2D eigenvalue weighted by Crippen LogP contribution is 2.25. The average Bonchev–Trinajstić information content (AvgIpc) is 2.47. The second-order valence-electron chi connectivity index (χ2n) is 4.75. The molecule has 0 radical (unpaired) electrons. The predicted octanol–water partition coefficient (Wildman–Crippen LogP) is 2.56. The number of nitrogens with one attached hydrogen (secondary N) is 2. The molecule has 0 atom stereocenters. The van der Waals surface area contributed by atoms with E-state index < -0.39 is 0 Å². The minimum absolute atomic E-state index is 0.511. The summed E-state index contributed by atoms with van der Waals surface area (Å²) in [5.74, 6) is 1.24. The van der Waals surface area contributed by atoms with Crippen molar-refractivity contribution in [2.24, 2.45) is 0 Å². The van der Waals surface area contributed by atoms with Crippen LogP contribution >= 0.6 is 0 Å². The van der Waals surface area contributed by atoms with Gasteiger partial charge < -0.3 is 21.1 Å². The first-order chi connectivity index (χ1) is 10.2. The molecule has 2 aromatic rings. The van der Waals surface area contributed by atoms with Crippen LogP contribution in [0, 0.1) is 6.92 Å². The number of ether oxygens (including phenoxy) is 1. The Hall–Kier alpha value is -2.34. The molecular weight excluding hydrogens is 266 g/mol. The molecule has 0 saturated carbocycles. The molecule has 0 unspecified atom stereocenters. The summed E-state index contributed by atoms with van der Waals surface area (Å²) in [6.07, 6.45) is 2.38. The quantitative estimate of drug-likeness (QED) is 0.679. The molecule has 0 aliphatic rings. The lowest BCUT2D eigenvalue weighted by atomic mass is 10.2. The predicted molar refractivity (Wildman–Crippen MR) is 85.9 cm³/mol. The van der Waals surface area contributed by atoms with Crippen LogP contribution in [0.15, 0.2) is 30.6 Å². The largest absolute Gasteiger partial charge is 0.393 e. The number of hydrogen-bond acceptors (Lipinski definition) is 6. The van der Waals surface area contributed by atoms with Gasteiger partial charge in [0.05, 0.1) is 0 Å². The van der Waals surface area contributed by atoms with Crippen molar-refractivity contribution in [3.05, 3.63) is 36.2 Å². The highest BCUT2D eigenvalue weighted by Gasteiger charge is 2.07. The van der Waals surface area contributed by atoms with E-state index in [1.807, 2.05) is 31.2 Å². The first-order valence-electron chi connectivity index (χ1n) is 6.87. The summed E-state index contributed by atoms with van der Waals surface area (Å²) in [7, 11) is 1.68. The monoisotopic (exact) mass is 287 g/mol. The van der Waals surface area contributed by atoms with Crippen LogP contribution in [0.4, 0.5) is 23.0 Å². The van der Waals surface area contributed by atoms with E-state index in [0.717, 1.165) is 18.7 Å². The fraction of sp³-hybridized carbons (Fsp3) is 0.333. The second-order valence-corrected chi connectivity index (χ2v) is 4.75. The number of nitrogen functional groups attached to an aromatic ring is 1. The van der Waals surface area contributed by atoms with Crippen molar-refractivity contribution < 1.29 is 4.74 Å². The molecule has 1 aromatic heterocycles. The second kappa shape index (κ2) is 7.44. The Kier molecular flexibility index (Phi) is 5.34. The fourth-order valence-corrected chi connectivity index (χ4v) is 1.92. The number of nitrogens with two attached hydrogens (primary N) is 1. The third kappa shape index (κ3) is 4.32. The molecule has 0 spiro atoms. The Morgan fingerprint density at radius 3 is 2.81 bits per heavy atom. The van der Waals surface area contributed by atoms with Gasteiger partial charge in [0.1, 0.15) is 12.0 Å². The van der Waals surface area contributed by atoms with Crippen LogP contribution in [0.2, 0.25) is 0 Å². The maximum atomic E-state index is 6.10. The number of rotatable bonds is 7. The van der Waals surface area contributed by atoms with Gasteiger partial charge in [0, 0.05) is 25.9 Å². The Morgan fingerprint density at radius 1 is 1.24 bits per heavy atom. The first kappa shape index (κ1) is 15.1. The third-order valence-electron chi connectivity index (χ3n) is 2.98. The molecule has 2 rings (SSSR count). The van der Waals surface area contributed by atoms with Gasteiger partial charge in [-0.3, -0.25) is 0 Å². The van der Waals surface area contributed by atoms with E-state index in [2.05, 4.69) is 20.6 Å². The maximum absolute atomic E-state index is 6.10. The normalized spacial score (nSPS) is 10.4. The summed E-state index contributed by atoms with van der Waals surface area (Å²) in [5.41, 5.74) is 8.73. The summed E-state index contributed by atoms with van der Waals surface area (Å²) in [4.78, 5) is 8.36. The lowest BCUT2D eigenvalue weighted by Crippen LogP contribution is -2.10. The van der Waals surface area contributed by atoms with Gasteiger partial charge in [-0.05, 0) is 31.0 Å². The molecule has 112 valence electrons. The zero-order valence-corrected chi connectivity index (χ0v) is 12.4. The van der Waals surface area contributed by atoms with E-state index in [4.69, 9.17) is 10.5 Å². The molecule has 6 heteroatoms. The van der Waals surface area contributed by atoms with Crippen molar-refractivity contribution in [3.63, 3.8) is 0 Å². The van der Waals surface area contributed by atoms with Crippen LogP contribution < -0.4 is 16.4 Å². The van der Waals surface area contributed by atoms with Gasteiger partial charge in [-0.2, -0.15) is 0 Å². The van der Waals surface area contributed by atoms with Gasteiger partial charge in [0.25, 0.3) is 0 Å². The standard InChI is InChI=1S/C15H21N5O/c1-11-5-3-6-12(9-11)20-15-13(16)14(18-10-19-15)17-7-4-8-21-2/h3,5-6,9-10H,4,7-8,16H2,1-2H3,(H2,17,18,19,20). The van der Waals surface area contributed by atoms with Gasteiger partial charge in [0.2, 0.25) is 0 Å². The van der Waals surface area contributed by atoms with Gasteiger partial charge in [-0.1, -0.05) is 12.1 Å². The van der Waals surface area contributed by atoms with E-state index >= 15 is 0 Å². The maximum Gasteiger partial charge on any atom is 0.159 e. The van der Waals surface area contributed by atoms with E-state index in [1.165, 1.54) is 11.9 Å². The summed E-state index contributed by atoms with van der Waals surface area (Å²) in [6.45, 7) is 3.49. The molecule has 1 aromatic carbocycles. The van der Waals surface area contributed by atoms with Crippen LogP contribution in [-0.2, 0) is 4.74 Å². The molecule has 0 fully saturated rings. The highest BCUT2D eigenvalue weighted by atomic mass is 16.5. The topological polar surface area (TPSA) is 85.1 Å². The molecule has 6 nitrogen and oxygen atoms in total. The summed E-state index contributed by atoms with van der Waals surface area (Å²) >= 11 is 0. The van der Waals surface area contributed by atoms with Crippen molar-refractivity contribution in [2.75, 3.05) is 36.6 Å². The number of anilines is 4. The van der Waals surface area contributed by atoms with Gasteiger partial charge in [-0.25, -0.2) is 9.97 Å². The van der Waals surface area contributed by atoms with E-state index in [1.54, 1.807) is 7.11 Å². The van der Waals surface area contributed by atoms with Gasteiger partial charge in [-0.15, -0.1) is 0 Å². The van der Waals surface area contributed by atoms with Crippen LogP contribution in [0.25, 0.3) is 0 Å². The van der Waals surface area contributed by atoms with Crippen LogP contribution in [0.1, 0.15) is 12.0 Å². The van der Waals surface area contributed by atoms with Crippen LogP contribution in [0.5, 0.6) is 0 Å². The summed E-state index contributed by atoms with van der Waals surface area (Å²) in [5, 5.41) is 6.40. The Balaban J connectivity index is 2.06. The van der Waals surface area contributed by atoms with Crippen molar-refractivity contribution in [3.8, 4) is 0 Å². The molecule has 0 bridgehead atoms. The number of aromatic nitrogens is 2. The lowest BCUT2D eigenvalue weighted by Gasteiger charge is -2.12. The van der Waals surface area contributed by atoms with Crippen molar-refractivity contribution in [1.29, 1.82) is 0 Å². The lowest BCUT2D eigenvalue weighted by molar-refractivity contribution is 0.198. The molecule has 0 saturated heterocycles. The number of hydrogen-bond donors (Lipinski definition) is 3. The van der Waals surface area contributed by atoms with Crippen molar-refractivity contribution >= 4 is 23.0 Å². The minimum Gasteiger partial charge on any atom is -0.393 e. The molecule has 1 heterocycles. The van der Waals surface area contributed by atoms with Crippen LogP contribution in [-0.4, -0.2) is 30.2 Å². The molecular formula is C15H21N5O. The number of methoxy groups -OCH3 is 1. The molecule has 0 aliphatic carbocycles. The molecule has 0 amide bonds. The third-order valence-corrected chi connectivity index (χ3v) is 2.98. The minimum atomic E-state index is 0.511. The SMILES string of the molecule is COCCCNc1ncnc(Nc2cccc(C)c2)c1N. The number of benzene rings is 1. The van der Waals surface area contributed by atoms with E-state index in [-0.39, 0.29) is 0 Å². The zero-order valence-electron chi connectivity index (χ0n) is 12.4. The molecule has 21 heavy (non-hydrogen) atoms. The van der Waals surface area contributed by atoms with Crippen molar-refractivity contribution in [1.82, 2.24) is 9.97 Å². The Morgan fingerprint density at radius 2 is 2.05 bits per heavy atom. The summed E-state index contributed by atoms with van der Waals surface area (Å²) < 4.78 is 5.01. The molecule has 0 aliphatic heterocycles. The number of aryl methyl sites for hydroxylation is 1. The molecule has 4 N–H and O–H groups in total. The van der Waals surface area contributed by atoms with Crippen LogP contribution in [0.3, 0.4) is 0 Å². The van der Waals surface area contributed by atoms with E-state index in [0.29, 0.717) is 23.9 Å². The summed E-state index contributed by atoms with van der Waals surface area (Å²) in [6, 6.07) is 8.03. The van der Waals surface area contributed by atoms with E-state index in [9.17, 15) is 0 Å². The van der Waals surface area contributed by atoms with Gasteiger partial charge in [0.15, 0.2) is 11.6 Å². The first-order valence-corrected chi connectivity index (χ1v) is 6.87. The fourth-order valence-electron chi connectivity index (χ4n) is 1.92. The Bertz CT molecular complexity index is 588. The zero-order chi connectivity index (χ0) is 15.1. The number of nitrogens with zero attached hydrogens (tertiary/aromatic N) is 2. The average molecular weight is 287 g/mol. The van der Waals surface area contributed by atoms with Crippen molar-refractivity contribution in [2.45, 2.75) is 13.3 Å². The smallest absolute Gasteiger partial charge is 0.159 e. The van der Waals surface area contributed by atoms with Gasteiger partial charge >= 0.3 is 0 Å².